The standard InChI is InChI=1S/C13H11BF3Se.K/c15-14(16,17)12-7-4-8-13(9-12)18-10-11-5-2-1-3-6-11;/h1-9H,10H2;/q-1;+1. The van der Waals surface area contributed by atoms with Gasteiger partial charge >= 0.3 is 162 Å². The fraction of sp³-hybridized carbons (Fsp3) is 0.0769. The Morgan fingerprint density at radius 3 is 2.21 bits per heavy atom. The normalized spacial score (nSPS) is 10.9. The summed E-state index contributed by atoms with van der Waals surface area (Å²) in [4.78, 5) is 0. The van der Waals surface area contributed by atoms with Gasteiger partial charge in [0.25, 0.3) is 0 Å². The summed E-state index contributed by atoms with van der Waals surface area (Å²) in [6, 6.07) is 15.5. The summed E-state index contributed by atoms with van der Waals surface area (Å²) in [7, 11) is 0. The monoisotopic (exact) mass is 354 g/mol. The predicted octanol–water partition coefficient (Wildman–Crippen LogP) is -0.725. The molecule has 0 aliphatic rings. The Morgan fingerprint density at radius 2 is 1.58 bits per heavy atom. The third kappa shape index (κ3) is 5.76. The van der Waals surface area contributed by atoms with E-state index in [0.29, 0.717) is 0 Å². The quantitative estimate of drug-likeness (QED) is 0.637. The summed E-state index contributed by atoms with van der Waals surface area (Å²) >= 11 is 0.0404. The maximum atomic E-state index is 12.6. The molecule has 0 aliphatic carbocycles. The molecular formula is C13H11BF3KSe. The van der Waals surface area contributed by atoms with E-state index in [1.54, 1.807) is 6.07 Å². The molecule has 0 spiro atoms. The molecule has 2 rings (SSSR count). The van der Waals surface area contributed by atoms with Crippen molar-refractivity contribution >= 4 is 31.9 Å². The van der Waals surface area contributed by atoms with Gasteiger partial charge in [0.05, 0.1) is 0 Å². The van der Waals surface area contributed by atoms with Crippen LogP contribution in [0.2, 0.25) is 0 Å². The summed E-state index contributed by atoms with van der Waals surface area (Å²) in [6.07, 6.45) is 0. The van der Waals surface area contributed by atoms with E-state index in [1.807, 2.05) is 30.3 Å². The Morgan fingerprint density at radius 1 is 0.895 bits per heavy atom. The van der Waals surface area contributed by atoms with E-state index in [-0.39, 0.29) is 66.3 Å². The van der Waals surface area contributed by atoms with Crippen LogP contribution in [0.5, 0.6) is 0 Å². The van der Waals surface area contributed by atoms with E-state index in [1.165, 1.54) is 17.7 Å². The summed E-state index contributed by atoms with van der Waals surface area (Å²) in [5.41, 5.74) is 0.669. The molecule has 0 aromatic heterocycles. The molecule has 19 heavy (non-hydrogen) atoms. The van der Waals surface area contributed by atoms with E-state index in [4.69, 9.17) is 0 Å². The Hall–Kier alpha value is 0.451. The molecule has 0 aliphatic heterocycles. The molecule has 0 atom stereocenters. The van der Waals surface area contributed by atoms with Crippen molar-refractivity contribution in [3.05, 3.63) is 60.2 Å². The average molecular weight is 353 g/mol. The van der Waals surface area contributed by atoms with Crippen molar-refractivity contribution in [3.8, 4) is 0 Å². The summed E-state index contributed by atoms with van der Waals surface area (Å²) in [6.45, 7) is -4.89. The van der Waals surface area contributed by atoms with Crippen LogP contribution in [0.25, 0.3) is 0 Å². The summed E-state index contributed by atoms with van der Waals surface area (Å²) in [5, 5.41) is 0.822. The van der Waals surface area contributed by atoms with Gasteiger partial charge in [-0.05, 0) is 0 Å². The van der Waals surface area contributed by atoms with Crippen molar-refractivity contribution < 1.29 is 64.3 Å². The second-order valence-electron chi connectivity index (χ2n) is 3.92. The number of benzene rings is 2. The molecule has 0 N–H and O–H groups in total. The van der Waals surface area contributed by atoms with Gasteiger partial charge in [-0.3, -0.25) is 0 Å². The molecule has 0 bridgehead atoms. The van der Waals surface area contributed by atoms with Gasteiger partial charge in [0.15, 0.2) is 0 Å². The number of halogens is 3. The van der Waals surface area contributed by atoms with Crippen LogP contribution in [0.15, 0.2) is 54.6 Å². The van der Waals surface area contributed by atoms with Crippen LogP contribution in [0.4, 0.5) is 12.9 Å². The second kappa shape index (κ2) is 8.03. The van der Waals surface area contributed by atoms with Gasteiger partial charge in [0.1, 0.15) is 0 Å². The van der Waals surface area contributed by atoms with Crippen LogP contribution < -0.4 is 61.3 Å². The van der Waals surface area contributed by atoms with E-state index in [9.17, 15) is 12.9 Å². The Bertz CT molecular complexity index is 517. The van der Waals surface area contributed by atoms with Gasteiger partial charge in [0.2, 0.25) is 0 Å². The van der Waals surface area contributed by atoms with Gasteiger partial charge in [-0.25, -0.2) is 0 Å². The largest absolute Gasteiger partial charge is 1.00 e. The summed E-state index contributed by atoms with van der Waals surface area (Å²) < 4.78 is 38.6. The zero-order valence-electron chi connectivity index (χ0n) is 10.5. The first-order valence-corrected chi connectivity index (χ1v) is 7.59. The second-order valence-corrected chi connectivity index (χ2v) is 6.12. The van der Waals surface area contributed by atoms with Gasteiger partial charge in [-0.2, -0.15) is 0 Å². The van der Waals surface area contributed by atoms with Gasteiger partial charge in [-0.1, -0.05) is 0 Å². The fourth-order valence-corrected chi connectivity index (χ4v) is 3.48. The Labute approximate surface area is 159 Å². The maximum absolute atomic E-state index is 12.6. The molecule has 0 heterocycles. The summed E-state index contributed by atoms with van der Waals surface area (Å²) in [5.74, 6) is 0. The molecule has 0 saturated heterocycles. The van der Waals surface area contributed by atoms with Crippen LogP contribution in [-0.2, 0) is 5.32 Å². The first-order chi connectivity index (χ1) is 8.55. The van der Waals surface area contributed by atoms with Crippen molar-refractivity contribution in [1.29, 1.82) is 0 Å². The van der Waals surface area contributed by atoms with Crippen LogP contribution in [0.1, 0.15) is 5.56 Å². The van der Waals surface area contributed by atoms with Crippen molar-refractivity contribution in [2.45, 2.75) is 5.32 Å². The zero-order chi connectivity index (χ0) is 13.0. The third-order valence-corrected chi connectivity index (χ3v) is 4.72. The molecule has 0 unspecified atom stereocenters. The molecule has 0 saturated carbocycles. The van der Waals surface area contributed by atoms with Crippen molar-refractivity contribution in [1.82, 2.24) is 0 Å². The van der Waals surface area contributed by atoms with E-state index >= 15 is 0 Å². The van der Waals surface area contributed by atoms with E-state index in [2.05, 4.69) is 0 Å². The molecule has 6 heteroatoms. The first kappa shape index (κ1) is 17.5. The number of hydrogen-bond donors (Lipinski definition) is 0. The van der Waals surface area contributed by atoms with Crippen LogP contribution in [0.3, 0.4) is 0 Å². The van der Waals surface area contributed by atoms with Crippen molar-refractivity contribution in [2.24, 2.45) is 0 Å². The molecule has 0 radical (unpaired) electrons. The fourth-order valence-electron chi connectivity index (χ4n) is 1.55. The predicted molar refractivity (Wildman–Crippen MR) is 70.7 cm³/mol. The van der Waals surface area contributed by atoms with Gasteiger partial charge < -0.3 is 0 Å². The van der Waals surface area contributed by atoms with Crippen LogP contribution >= 0.6 is 0 Å². The van der Waals surface area contributed by atoms with Gasteiger partial charge in [0, 0.05) is 0 Å². The molecule has 0 amide bonds. The molecule has 94 valence electrons. The molecule has 0 fully saturated rings. The number of rotatable bonds is 4. The van der Waals surface area contributed by atoms with E-state index in [0.717, 1.165) is 15.8 Å². The Balaban J connectivity index is 0.00000180. The topological polar surface area (TPSA) is 0 Å². The molecule has 2 aromatic carbocycles. The minimum absolute atomic E-state index is 0. The minimum atomic E-state index is -4.89. The number of hydrogen-bond acceptors (Lipinski definition) is 0. The third-order valence-electron chi connectivity index (χ3n) is 2.48. The first-order valence-electron chi connectivity index (χ1n) is 5.52. The van der Waals surface area contributed by atoms with Crippen molar-refractivity contribution in [3.63, 3.8) is 0 Å². The molecular weight excluding hydrogens is 342 g/mol. The Kier molecular flexibility index (Phi) is 7.40. The maximum Gasteiger partial charge on any atom is 1.00 e. The zero-order valence-corrected chi connectivity index (χ0v) is 15.4. The average Bonchev–Trinajstić information content (AvgIpc) is 2.37. The van der Waals surface area contributed by atoms with Crippen molar-refractivity contribution in [2.75, 3.05) is 0 Å². The minimum Gasteiger partial charge on any atom is 1.00 e. The molecule has 2 aromatic rings. The van der Waals surface area contributed by atoms with Crippen LogP contribution in [-0.4, -0.2) is 21.9 Å². The SMILES string of the molecule is F[B-](F)(F)c1cccc([Se]Cc2ccccc2)c1.[K+]. The van der Waals surface area contributed by atoms with Crippen LogP contribution in [0, 0.1) is 0 Å². The van der Waals surface area contributed by atoms with E-state index < -0.39 is 12.4 Å². The molecule has 0 nitrogen and oxygen atoms in total. The van der Waals surface area contributed by atoms with Gasteiger partial charge in [-0.15, -0.1) is 0 Å². The smallest absolute Gasteiger partial charge is 1.00 e.